The van der Waals surface area contributed by atoms with Crippen LogP contribution in [0.2, 0.25) is 0 Å². The van der Waals surface area contributed by atoms with Crippen LogP contribution < -0.4 is 14.9 Å². The van der Waals surface area contributed by atoms with Crippen LogP contribution in [-0.4, -0.2) is 79.7 Å². The Hall–Kier alpha value is -7.14. The topological polar surface area (TPSA) is 149 Å². The Morgan fingerprint density at radius 1 is 0.541 bits per heavy atom. The van der Waals surface area contributed by atoms with Gasteiger partial charge in [-0.2, -0.15) is 10.2 Å². The summed E-state index contributed by atoms with van der Waals surface area (Å²) in [6, 6.07) is 26.9. The number of rotatable bonds is 8. The van der Waals surface area contributed by atoms with E-state index >= 15 is 0 Å². The van der Waals surface area contributed by atoms with E-state index in [-0.39, 0.29) is 23.5 Å². The first-order chi connectivity index (χ1) is 36.8. The van der Waals surface area contributed by atoms with Gasteiger partial charge in [-0.3, -0.25) is 19.9 Å². The highest BCUT2D eigenvalue weighted by molar-refractivity contribution is 9.10. The van der Waals surface area contributed by atoms with Crippen LogP contribution in [0.5, 0.6) is 11.5 Å². The van der Waals surface area contributed by atoms with Gasteiger partial charge in [0.25, 0.3) is 0 Å². The first kappa shape index (κ1) is 46.6. The third kappa shape index (κ3) is 10.6. The van der Waals surface area contributed by atoms with E-state index in [1.165, 1.54) is 38.5 Å². The standard InChI is InChI=1S/C26H23N5O.C17H17BrN4O.C15H18BNO2/c1-2-6-19(7-3-1)32-20-11-12-24(28-15-20)18-14-29-26-23(16-30-31(26)17-18)21-8-4-10-25-22(21)9-5-13-27-25;18-15-10-21-22-11-12(8-20-17(15)22)16-7-6-14(9-19-16)23-13-4-2-1-3-5-13;1-14(2)15(3,4)19-16(18-14)12-8-5-9-13-11(12)7-6-10-17-13/h4-5,8-17,19H,1-3,6-7H2;6-11,13H,1-5H2;5-10H,1-4H3/i13D;;10D. The molecule has 2 aliphatic carbocycles. The summed E-state index contributed by atoms with van der Waals surface area (Å²) in [5, 5.41) is 10.7. The van der Waals surface area contributed by atoms with Gasteiger partial charge >= 0.3 is 7.12 Å². The van der Waals surface area contributed by atoms with E-state index in [0.29, 0.717) is 12.2 Å². The maximum atomic E-state index is 7.78. The largest absolute Gasteiger partial charge is 0.495 e. The van der Waals surface area contributed by atoms with Crippen molar-refractivity contribution in [1.29, 1.82) is 0 Å². The number of pyridine rings is 4. The summed E-state index contributed by atoms with van der Waals surface area (Å²) in [4.78, 5) is 26.8. The van der Waals surface area contributed by atoms with Crippen molar-refractivity contribution in [3.8, 4) is 45.1 Å². The Morgan fingerprint density at radius 3 is 1.65 bits per heavy atom. The molecule has 14 nitrogen and oxygen atoms in total. The molecule has 0 bridgehead atoms. The first-order valence-electron chi connectivity index (χ1n) is 26.5. The molecule has 8 aromatic heterocycles. The summed E-state index contributed by atoms with van der Waals surface area (Å²) in [5.74, 6) is 1.66. The molecule has 0 amide bonds. The van der Waals surface area contributed by atoms with Crippen LogP contribution in [0.4, 0.5) is 0 Å². The van der Waals surface area contributed by atoms with Gasteiger partial charge in [0.1, 0.15) is 11.5 Å². The fourth-order valence-electron chi connectivity index (χ4n) is 9.71. The summed E-state index contributed by atoms with van der Waals surface area (Å²) < 4.78 is 44.1. The van der Waals surface area contributed by atoms with Gasteiger partial charge in [-0.25, -0.2) is 19.0 Å². The molecule has 0 unspecified atom stereocenters. The van der Waals surface area contributed by atoms with Gasteiger partial charge < -0.3 is 18.8 Å². The van der Waals surface area contributed by atoms with Crippen molar-refractivity contribution in [2.75, 3.05) is 0 Å². The molecule has 0 atom stereocenters. The van der Waals surface area contributed by atoms with Crippen LogP contribution in [0.1, 0.15) is 94.6 Å². The quantitative estimate of drug-likeness (QED) is 0.133. The Bertz CT molecular complexity index is 3650. The van der Waals surface area contributed by atoms with Crippen LogP contribution in [0.25, 0.3) is 66.7 Å². The van der Waals surface area contributed by atoms with Crippen molar-refractivity contribution < 1.29 is 21.5 Å². The van der Waals surface area contributed by atoms with Gasteiger partial charge in [-0.05, 0) is 160 Å². The number of ether oxygens (including phenoxy) is 2. The summed E-state index contributed by atoms with van der Waals surface area (Å²) in [6.45, 7) is 8.16. The highest BCUT2D eigenvalue weighted by atomic mass is 79.9. The van der Waals surface area contributed by atoms with Crippen LogP contribution in [0, 0.1) is 0 Å². The molecule has 1 saturated heterocycles. The lowest BCUT2D eigenvalue weighted by atomic mass is 9.77. The maximum absolute atomic E-state index is 7.78. The fourth-order valence-corrected chi connectivity index (χ4v) is 10.1. The van der Waals surface area contributed by atoms with Gasteiger partial charge in [0, 0.05) is 59.2 Å². The molecule has 0 N–H and O–H groups in total. The number of aromatic nitrogens is 10. The van der Waals surface area contributed by atoms with Gasteiger partial charge in [0.2, 0.25) is 0 Å². The molecule has 1 aliphatic heterocycles. The minimum absolute atomic E-state index is 0.255. The second-order valence-corrected chi connectivity index (χ2v) is 20.9. The van der Waals surface area contributed by atoms with Crippen molar-refractivity contribution in [3.05, 3.63) is 151 Å². The van der Waals surface area contributed by atoms with Crippen LogP contribution >= 0.6 is 15.9 Å². The molecule has 16 heteroatoms. The number of benzene rings is 2. The molecule has 13 rings (SSSR count). The van der Waals surface area contributed by atoms with E-state index in [9.17, 15) is 0 Å². The molecule has 10 aromatic rings. The molecule has 0 radical (unpaired) electrons. The average molecular weight is 1050 g/mol. The van der Waals surface area contributed by atoms with E-state index in [4.69, 9.17) is 26.5 Å². The Kier molecular flexibility index (Phi) is 13.5. The van der Waals surface area contributed by atoms with Crippen molar-refractivity contribution in [1.82, 2.24) is 49.1 Å². The van der Waals surface area contributed by atoms with Crippen molar-refractivity contribution >= 4 is 61.6 Å². The molecule has 0 spiro atoms. The highest BCUT2D eigenvalue weighted by Crippen LogP contribution is 2.37. The van der Waals surface area contributed by atoms with Gasteiger partial charge in [-0.15, -0.1) is 0 Å². The third-order valence-electron chi connectivity index (χ3n) is 14.5. The van der Waals surface area contributed by atoms with Crippen LogP contribution in [0.3, 0.4) is 0 Å². The first-order valence-corrected chi connectivity index (χ1v) is 26.3. The van der Waals surface area contributed by atoms with Crippen molar-refractivity contribution in [2.45, 2.75) is 115 Å². The monoisotopic (exact) mass is 1050 g/mol. The van der Waals surface area contributed by atoms with Crippen molar-refractivity contribution in [2.24, 2.45) is 0 Å². The maximum Gasteiger partial charge on any atom is 0.495 e. The lowest BCUT2D eigenvalue weighted by Gasteiger charge is -2.32. The van der Waals surface area contributed by atoms with E-state index in [1.54, 1.807) is 39.8 Å². The molecule has 374 valence electrons. The van der Waals surface area contributed by atoms with Gasteiger partial charge in [0.05, 0.1) is 77.8 Å². The fraction of sp³-hybridized carbons (Fsp3) is 0.310. The number of halogens is 1. The average Bonchev–Trinajstić information content (AvgIpc) is 4.11. The number of fused-ring (bicyclic) bond motifs is 4. The normalized spacial score (nSPS) is 17.1. The Labute approximate surface area is 442 Å². The number of hydrogen-bond acceptors (Lipinski definition) is 12. The minimum Gasteiger partial charge on any atom is -0.489 e. The molecule has 2 saturated carbocycles. The lowest BCUT2D eigenvalue weighted by molar-refractivity contribution is 0.00578. The zero-order valence-electron chi connectivity index (χ0n) is 44.0. The Morgan fingerprint density at radius 2 is 1.07 bits per heavy atom. The second-order valence-electron chi connectivity index (χ2n) is 20.0. The summed E-state index contributed by atoms with van der Waals surface area (Å²) >= 11 is 3.43. The van der Waals surface area contributed by atoms with Crippen molar-refractivity contribution in [3.63, 3.8) is 0 Å². The number of nitrogens with zero attached hydrogens (tertiary/aromatic N) is 10. The SMILES string of the molecule is Brc1cnn2cc(-c3ccc(OC4CCCCC4)cn3)cnc12.[2H]c1ccc2c(-c3cnn4cc(-c5ccc(OC6CCCCC6)cn5)cnc34)cccc2n1.[2H]c1ccc2c(B3OC(C)(C)C(C)(C)O3)cccc2n1. The third-order valence-corrected chi connectivity index (χ3v) is 15.0. The molecule has 2 aromatic carbocycles. The zero-order chi connectivity index (χ0) is 52.4. The summed E-state index contributed by atoms with van der Waals surface area (Å²) in [5.41, 5.74) is 8.83. The van der Waals surface area contributed by atoms with E-state index in [0.717, 1.165) is 114 Å². The molecule has 3 aliphatic rings. The molecule has 74 heavy (non-hydrogen) atoms. The minimum atomic E-state index is -0.401. The molecular formula is C58H58BBrN10O4. The molecular weight excluding hydrogens is 991 g/mol. The predicted molar refractivity (Wildman–Crippen MR) is 293 cm³/mol. The molecule has 3 fully saturated rings. The van der Waals surface area contributed by atoms with Gasteiger partial charge in [0.15, 0.2) is 11.3 Å². The van der Waals surface area contributed by atoms with E-state index in [2.05, 4.69) is 51.0 Å². The Balaban J connectivity index is 0.000000127. The van der Waals surface area contributed by atoms with Crippen LogP contribution in [0.15, 0.2) is 151 Å². The molecule has 9 heterocycles. The van der Waals surface area contributed by atoms with Crippen LogP contribution in [-0.2, 0) is 9.31 Å². The number of hydrogen-bond donors (Lipinski definition) is 0. The highest BCUT2D eigenvalue weighted by Gasteiger charge is 2.52. The second kappa shape index (κ2) is 21.4. The lowest BCUT2D eigenvalue weighted by Crippen LogP contribution is -2.41. The summed E-state index contributed by atoms with van der Waals surface area (Å²) in [7, 11) is -0.401. The van der Waals surface area contributed by atoms with E-state index < -0.39 is 7.12 Å². The zero-order valence-corrected chi connectivity index (χ0v) is 43.6. The summed E-state index contributed by atoms with van der Waals surface area (Å²) in [6.07, 6.45) is 28.1. The predicted octanol–water partition coefficient (Wildman–Crippen LogP) is 12.5. The van der Waals surface area contributed by atoms with E-state index in [1.807, 2.05) is 131 Å². The van der Waals surface area contributed by atoms with Gasteiger partial charge in [-0.1, -0.05) is 49.2 Å². The smallest absolute Gasteiger partial charge is 0.489 e.